The molecule has 5 rings (SSSR count). The zero-order valence-corrected chi connectivity index (χ0v) is 15.1. The number of imide groups is 1. The van der Waals surface area contributed by atoms with Gasteiger partial charge in [-0.2, -0.15) is 0 Å². The van der Waals surface area contributed by atoms with Gasteiger partial charge in [0.15, 0.2) is 11.5 Å². The fourth-order valence-electron chi connectivity index (χ4n) is 5.64. The Morgan fingerprint density at radius 3 is 2.15 bits per heavy atom. The number of carbonyl (C=O) groups excluding carboxylic acids is 2. The lowest BCUT2D eigenvalue weighted by atomic mass is 9.85. The molecule has 2 saturated carbocycles. The van der Waals surface area contributed by atoms with Crippen LogP contribution in [-0.2, 0) is 16.0 Å². The normalized spacial score (nSPS) is 32.5. The summed E-state index contributed by atoms with van der Waals surface area (Å²) < 4.78 is 10.6. The van der Waals surface area contributed by atoms with Gasteiger partial charge in [0.05, 0.1) is 26.1 Å². The van der Waals surface area contributed by atoms with Crippen LogP contribution >= 0.6 is 0 Å². The smallest absolute Gasteiger partial charge is 0.233 e. The standard InChI is InChI=1S/C21H23NO4/c1-25-15-6-3-12(11-16(15)26-2)7-10-22-19(23)17-13-4-5-14(18(17)20(22)24)21(13)8-9-21/h3-6,11,13-14,17-18H,7-10H2,1-2H3/t13-,14+,17+,18-. The number of amides is 2. The third-order valence-electron chi connectivity index (χ3n) is 7.02. The first-order valence-corrected chi connectivity index (χ1v) is 9.35. The summed E-state index contributed by atoms with van der Waals surface area (Å²) in [5, 5.41) is 0. The van der Waals surface area contributed by atoms with E-state index in [1.54, 1.807) is 14.2 Å². The van der Waals surface area contributed by atoms with Gasteiger partial charge in [-0.1, -0.05) is 18.2 Å². The van der Waals surface area contributed by atoms with Crippen LogP contribution in [0.4, 0.5) is 0 Å². The Balaban J connectivity index is 1.32. The molecular weight excluding hydrogens is 330 g/mol. The van der Waals surface area contributed by atoms with E-state index in [1.807, 2.05) is 18.2 Å². The van der Waals surface area contributed by atoms with Crippen molar-refractivity contribution in [3.05, 3.63) is 35.9 Å². The zero-order valence-electron chi connectivity index (χ0n) is 15.1. The van der Waals surface area contributed by atoms with Gasteiger partial charge in [-0.3, -0.25) is 14.5 Å². The van der Waals surface area contributed by atoms with Crippen LogP contribution in [0.3, 0.4) is 0 Å². The van der Waals surface area contributed by atoms with E-state index in [0.29, 0.717) is 36.3 Å². The van der Waals surface area contributed by atoms with Gasteiger partial charge in [-0.05, 0) is 54.2 Å². The van der Waals surface area contributed by atoms with Crippen molar-refractivity contribution in [1.82, 2.24) is 4.90 Å². The lowest BCUT2D eigenvalue weighted by molar-refractivity contribution is -0.141. The number of hydrogen-bond donors (Lipinski definition) is 0. The van der Waals surface area contributed by atoms with Gasteiger partial charge in [0.25, 0.3) is 0 Å². The summed E-state index contributed by atoms with van der Waals surface area (Å²) in [6.45, 7) is 0.437. The Kier molecular flexibility index (Phi) is 3.27. The molecule has 0 radical (unpaired) electrons. The van der Waals surface area contributed by atoms with Crippen molar-refractivity contribution >= 4 is 11.8 Å². The van der Waals surface area contributed by atoms with Crippen molar-refractivity contribution in [2.45, 2.75) is 19.3 Å². The molecule has 0 aromatic heterocycles. The number of methoxy groups -OCH3 is 2. The van der Waals surface area contributed by atoms with Crippen molar-refractivity contribution in [2.75, 3.05) is 20.8 Å². The first-order valence-electron chi connectivity index (χ1n) is 9.35. The summed E-state index contributed by atoms with van der Waals surface area (Å²) >= 11 is 0. The summed E-state index contributed by atoms with van der Waals surface area (Å²) in [4.78, 5) is 27.5. The van der Waals surface area contributed by atoms with E-state index in [1.165, 1.54) is 17.7 Å². The number of benzene rings is 1. The third-order valence-corrected chi connectivity index (χ3v) is 7.02. The van der Waals surface area contributed by atoms with Gasteiger partial charge >= 0.3 is 0 Å². The molecule has 0 unspecified atom stereocenters. The molecule has 4 aliphatic rings. The number of fused-ring (bicyclic) bond motifs is 3. The van der Waals surface area contributed by atoms with Crippen LogP contribution in [0.1, 0.15) is 18.4 Å². The van der Waals surface area contributed by atoms with Crippen LogP contribution < -0.4 is 9.47 Å². The Labute approximate surface area is 153 Å². The number of rotatable bonds is 5. The Bertz CT molecular complexity index is 791. The Morgan fingerprint density at radius 1 is 1.00 bits per heavy atom. The third kappa shape index (κ3) is 1.91. The molecule has 1 aromatic rings. The van der Waals surface area contributed by atoms with Crippen molar-refractivity contribution in [1.29, 1.82) is 0 Å². The quantitative estimate of drug-likeness (QED) is 0.603. The minimum Gasteiger partial charge on any atom is -0.493 e. The number of allylic oxidation sites excluding steroid dienone is 2. The highest BCUT2D eigenvalue weighted by Crippen LogP contribution is 2.73. The Hall–Kier alpha value is -2.30. The second-order valence-electron chi connectivity index (χ2n) is 7.99. The number of carbonyl (C=O) groups is 2. The molecule has 26 heavy (non-hydrogen) atoms. The summed E-state index contributed by atoms with van der Waals surface area (Å²) in [7, 11) is 3.21. The minimum atomic E-state index is -0.106. The highest BCUT2D eigenvalue weighted by molar-refractivity contribution is 6.06. The monoisotopic (exact) mass is 353 g/mol. The van der Waals surface area contributed by atoms with Crippen LogP contribution in [0, 0.1) is 29.1 Å². The SMILES string of the molecule is COc1ccc(CCN2C(=O)[C@@H]3[C@H](C2=O)[C@@H]2C=C[C@H]3C23CC3)cc1OC. The maximum atomic E-state index is 13.0. The summed E-state index contributed by atoms with van der Waals surface area (Å²) in [6.07, 6.45) is 7.40. The van der Waals surface area contributed by atoms with Gasteiger partial charge < -0.3 is 9.47 Å². The average molecular weight is 353 g/mol. The van der Waals surface area contributed by atoms with Crippen LogP contribution in [0.2, 0.25) is 0 Å². The van der Waals surface area contributed by atoms with E-state index in [2.05, 4.69) is 12.2 Å². The average Bonchev–Trinajstić information content (AvgIpc) is 3.26. The summed E-state index contributed by atoms with van der Waals surface area (Å²) in [5.74, 6) is 1.80. The van der Waals surface area contributed by atoms with Gasteiger partial charge in [-0.25, -0.2) is 0 Å². The van der Waals surface area contributed by atoms with Crippen molar-refractivity contribution < 1.29 is 19.1 Å². The molecule has 5 nitrogen and oxygen atoms in total. The van der Waals surface area contributed by atoms with Crippen molar-refractivity contribution in [3.8, 4) is 11.5 Å². The van der Waals surface area contributed by atoms with E-state index in [4.69, 9.17) is 9.47 Å². The van der Waals surface area contributed by atoms with Gasteiger partial charge in [0.2, 0.25) is 11.8 Å². The van der Waals surface area contributed by atoms with E-state index in [0.717, 1.165) is 5.56 Å². The minimum absolute atomic E-state index is 0.0450. The number of ether oxygens (including phenoxy) is 2. The summed E-state index contributed by atoms with van der Waals surface area (Å²) in [6, 6.07) is 5.73. The van der Waals surface area contributed by atoms with E-state index >= 15 is 0 Å². The summed E-state index contributed by atoms with van der Waals surface area (Å²) in [5.41, 5.74) is 1.29. The predicted octanol–water partition coefficient (Wildman–Crippen LogP) is 2.44. The highest BCUT2D eigenvalue weighted by Gasteiger charge is 2.73. The number of likely N-dealkylation sites (tertiary alicyclic amines) is 1. The molecule has 0 N–H and O–H groups in total. The van der Waals surface area contributed by atoms with Crippen molar-refractivity contribution in [2.24, 2.45) is 29.1 Å². The lowest BCUT2D eigenvalue weighted by Crippen LogP contribution is -2.36. The molecular formula is C21H23NO4. The largest absolute Gasteiger partial charge is 0.493 e. The second-order valence-corrected chi connectivity index (χ2v) is 7.99. The fourth-order valence-corrected chi connectivity index (χ4v) is 5.64. The molecule has 2 amide bonds. The van der Waals surface area contributed by atoms with E-state index in [-0.39, 0.29) is 29.1 Å². The van der Waals surface area contributed by atoms with E-state index in [9.17, 15) is 9.59 Å². The van der Waals surface area contributed by atoms with Crippen LogP contribution in [0.5, 0.6) is 11.5 Å². The van der Waals surface area contributed by atoms with Crippen LogP contribution in [0.25, 0.3) is 0 Å². The number of nitrogens with zero attached hydrogens (tertiary/aromatic N) is 1. The second kappa shape index (κ2) is 5.35. The first kappa shape index (κ1) is 15.9. The van der Waals surface area contributed by atoms with Gasteiger partial charge in [0, 0.05) is 6.54 Å². The molecule has 3 aliphatic carbocycles. The molecule has 1 spiro atoms. The lowest BCUT2D eigenvalue weighted by Gasteiger charge is -2.21. The molecule has 1 saturated heterocycles. The van der Waals surface area contributed by atoms with Crippen LogP contribution in [0.15, 0.2) is 30.4 Å². The molecule has 136 valence electrons. The first-order chi connectivity index (χ1) is 12.6. The van der Waals surface area contributed by atoms with E-state index < -0.39 is 0 Å². The molecule has 1 aliphatic heterocycles. The van der Waals surface area contributed by atoms with Crippen LogP contribution in [-0.4, -0.2) is 37.5 Å². The zero-order chi connectivity index (χ0) is 18.1. The Morgan fingerprint density at radius 2 is 1.62 bits per heavy atom. The van der Waals surface area contributed by atoms with Crippen molar-refractivity contribution in [3.63, 3.8) is 0 Å². The predicted molar refractivity (Wildman–Crippen MR) is 94.7 cm³/mol. The maximum Gasteiger partial charge on any atom is 0.233 e. The topological polar surface area (TPSA) is 55.8 Å². The molecule has 5 heteroatoms. The molecule has 1 aromatic carbocycles. The maximum absolute atomic E-state index is 13.0. The number of hydrogen-bond acceptors (Lipinski definition) is 4. The molecule has 2 bridgehead atoms. The molecule has 3 fully saturated rings. The van der Waals surface area contributed by atoms with Gasteiger partial charge in [0.1, 0.15) is 0 Å². The highest BCUT2D eigenvalue weighted by atomic mass is 16.5. The molecule has 4 atom stereocenters. The molecule has 1 heterocycles. The fraction of sp³-hybridized carbons (Fsp3) is 0.524. The van der Waals surface area contributed by atoms with Gasteiger partial charge in [-0.15, -0.1) is 0 Å².